The van der Waals surface area contributed by atoms with Crippen LogP contribution in [0.2, 0.25) is 0 Å². The largest absolute Gasteiger partial charge is 0.491 e. The van der Waals surface area contributed by atoms with Crippen molar-refractivity contribution < 1.29 is 9.53 Å². The Kier molecular flexibility index (Phi) is 3.81. The van der Waals surface area contributed by atoms with Crippen LogP contribution in [0.25, 0.3) is 0 Å². The third-order valence-corrected chi connectivity index (χ3v) is 3.62. The van der Waals surface area contributed by atoms with Crippen LogP contribution in [0.5, 0.6) is 5.75 Å². The molecule has 20 heavy (non-hydrogen) atoms. The number of rotatable bonds is 2. The molecule has 0 radical (unpaired) electrons. The Bertz CT molecular complexity index is 512. The zero-order valence-electron chi connectivity index (χ0n) is 13.2. The van der Waals surface area contributed by atoms with Crippen molar-refractivity contribution in [2.45, 2.75) is 46.5 Å². The quantitative estimate of drug-likeness (QED) is 0.896. The number of fused-ring (bicyclic) bond motifs is 1. The van der Waals surface area contributed by atoms with Crippen LogP contribution in [0.4, 0.5) is 0 Å². The van der Waals surface area contributed by atoms with Gasteiger partial charge in [0.15, 0.2) is 0 Å². The molecule has 1 aromatic carbocycles. The molecule has 1 N–H and O–H groups in total. The average molecular weight is 275 g/mol. The summed E-state index contributed by atoms with van der Waals surface area (Å²) in [5.74, 6) is 0.654. The van der Waals surface area contributed by atoms with E-state index < -0.39 is 0 Å². The Morgan fingerprint density at radius 3 is 2.55 bits per heavy atom. The van der Waals surface area contributed by atoms with Crippen molar-refractivity contribution in [3.8, 4) is 5.75 Å². The maximum Gasteiger partial charge on any atom is 0.255 e. The summed E-state index contributed by atoms with van der Waals surface area (Å²) in [5, 5.41) is 2.86. The minimum absolute atomic E-state index is 0.0276. The van der Waals surface area contributed by atoms with Crippen LogP contribution in [0, 0.1) is 5.41 Å². The third-order valence-electron chi connectivity index (χ3n) is 3.62. The van der Waals surface area contributed by atoms with Crippen molar-refractivity contribution in [1.29, 1.82) is 0 Å². The van der Waals surface area contributed by atoms with Crippen LogP contribution in [0.1, 0.15) is 57.0 Å². The zero-order chi connectivity index (χ0) is 15.0. The monoisotopic (exact) mass is 275 g/mol. The zero-order valence-corrected chi connectivity index (χ0v) is 13.2. The van der Waals surface area contributed by atoms with Crippen molar-refractivity contribution in [1.82, 2.24) is 5.32 Å². The molecule has 1 amide bonds. The van der Waals surface area contributed by atoms with Gasteiger partial charge in [0.05, 0.1) is 12.1 Å². The average Bonchev–Trinajstić information content (AvgIpc) is 2.48. The van der Waals surface area contributed by atoms with Crippen LogP contribution in [0.3, 0.4) is 0 Å². The highest BCUT2D eigenvalue weighted by Crippen LogP contribution is 2.37. The van der Waals surface area contributed by atoms with E-state index in [1.165, 1.54) is 5.56 Å². The fraction of sp³-hybridized carbons (Fsp3) is 0.588. The Hall–Kier alpha value is -1.51. The van der Waals surface area contributed by atoms with Gasteiger partial charge in [-0.1, -0.05) is 40.7 Å². The minimum Gasteiger partial charge on any atom is -0.491 e. The smallest absolute Gasteiger partial charge is 0.255 e. The Labute approximate surface area is 121 Å². The second-order valence-corrected chi connectivity index (χ2v) is 7.44. The van der Waals surface area contributed by atoms with Gasteiger partial charge in [-0.3, -0.25) is 4.79 Å². The number of amides is 1. The molecule has 0 aromatic heterocycles. The Morgan fingerprint density at radius 1 is 1.20 bits per heavy atom. The Balaban J connectivity index is 2.37. The molecule has 1 heterocycles. The van der Waals surface area contributed by atoms with Gasteiger partial charge < -0.3 is 10.1 Å². The van der Waals surface area contributed by atoms with Gasteiger partial charge in [0.1, 0.15) is 12.4 Å². The normalized spacial score (nSPS) is 15.9. The van der Waals surface area contributed by atoms with E-state index in [1.54, 1.807) is 0 Å². The minimum atomic E-state index is -0.0362. The highest BCUT2D eigenvalue weighted by Gasteiger charge is 2.29. The van der Waals surface area contributed by atoms with E-state index in [0.717, 1.165) is 6.42 Å². The van der Waals surface area contributed by atoms with Gasteiger partial charge in [0.2, 0.25) is 0 Å². The number of hydrogen-bond acceptors (Lipinski definition) is 2. The van der Waals surface area contributed by atoms with Crippen LogP contribution >= 0.6 is 0 Å². The van der Waals surface area contributed by atoms with Crippen molar-refractivity contribution in [2.75, 3.05) is 13.2 Å². The summed E-state index contributed by atoms with van der Waals surface area (Å²) >= 11 is 0. The molecule has 1 aliphatic heterocycles. The second-order valence-electron chi connectivity index (χ2n) is 7.44. The van der Waals surface area contributed by atoms with Gasteiger partial charge in [-0.2, -0.15) is 0 Å². The third kappa shape index (κ3) is 3.33. The molecule has 3 heteroatoms. The molecule has 1 aromatic rings. The summed E-state index contributed by atoms with van der Waals surface area (Å²) in [6.45, 7) is 12.3. The maximum absolute atomic E-state index is 12.1. The number of benzene rings is 1. The molecule has 0 aliphatic carbocycles. The van der Waals surface area contributed by atoms with E-state index in [9.17, 15) is 4.79 Å². The van der Waals surface area contributed by atoms with Gasteiger partial charge in [0.25, 0.3) is 5.91 Å². The highest BCUT2D eigenvalue weighted by molar-refractivity contribution is 5.97. The molecule has 0 unspecified atom stereocenters. The number of nitrogens with one attached hydrogen (secondary N) is 1. The molecule has 0 bridgehead atoms. The molecule has 0 saturated heterocycles. The number of carbonyl (C=O) groups excluding carboxylic acids is 1. The van der Waals surface area contributed by atoms with Gasteiger partial charge in [-0.05, 0) is 34.9 Å². The van der Waals surface area contributed by atoms with Crippen molar-refractivity contribution >= 4 is 5.91 Å². The van der Waals surface area contributed by atoms with E-state index in [1.807, 2.05) is 12.1 Å². The summed E-state index contributed by atoms with van der Waals surface area (Å²) < 4.78 is 5.60. The van der Waals surface area contributed by atoms with E-state index in [2.05, 4.69) is 46.0 Å². The van der Waals surface area contributed by atoms with Crippen LogP contribution in [-0.4, -0.2) is 19.1 Å². The number of ether oxygens (including phenoxy) is 1. The first kappa shape index (κ1) is 14.9. The molecule has 0 spiro atoms. The second kappa shape index (κ2) is 5.12. The molecule has 0 fully saturated rings. The molecule has 110 valence electrons. The first-order chi connectivity index (χ1) is 9.19. The summed E-state index contributed by atoms with van der Waals surface area (Å²) in [6, 6.07) is 6.00. The van der Waals surface area contributed by atoms with E-state index >= 15 is 0 Å². The summed E-state index contributed by atoms with van der Waals surface area (Å²) in [4.78, 5) is 12.1. The molecule has 0 atom stereocenters. The number of carbonyl (C=O) groups is 1. The fourth-order valence-electron chi connectivity index (χ4n) is 3.10. The van der Waals surface area contributed by atoms with Crippen molar-refractivity contribution in [3.63, 3.8) is 0 Å². The topological polar surface area (TPSA) is 38.3 Å². The SMILES string of the molecule is CC(C)(C)CC(C)(C)c1ccc2c(c1)C(=O)NCCO2. The lowest BCUT2D eigenvalue weighted by molar-refractivity contribution is 0.0957. The van der Waals surface area contributed by atoms with E-state index in [4.69, 9.17) is 4.74 Å². The van der Waals surface area contributed by atoms with E-state index in [0.29, 0.717) is 24.5 Å². The molecule has 3 nitrogen and oxygen atoms in total. The van der Waals surface area contributed by atoms with Crippen molar-refractivity contribution in [2.24, 2.45) is 5.41 Å². The van der Waals surface area contributed by atoms with E-state index in [-0.39, 0.29) is 16.7 Å². The van der Waals surface area contributed by atoms with Gasteiger partial charge >= 0.3 is 0 Å². The van der Waals surface area contributed by atoms with Crippen LogP contribution in [-0.2, 0) is 5.41 Å². The lowest BCUT2D eigenvalue weighted by atomic mass is 9.72. The molecule has 0 saturated carbocycles. The first-order valence-corrected chi connectivity index (χ1v) is 7.25. The number of hydrogen-bond donors (Lipinski definition) is 1. The van der Waals surface area contributed by atoms with Crippen LogP contribution < -0.4 is 10.1 Å². The Morgan fingerprint density at radius 2 is 1.90 bits per heavy atom. The lowest BCUT2D eigenvalue weighted by Gasteiger charge is -2.33. The summed E-state index contributed by atoms with van der Waals surface area (Å²) in [6.07, 6.45) is 1.06. The summed E-state index contributed by atoms with van der Waals surface area (Å²) in [5.41, 5.74) is 2.11. The summed E-state index contributed by atoms with van der Waals surface area (Å²) in [7, 11) is 0. The van der Waals surface area contributed by atoms with Crippen molar-refractivity contribution in [3.05, 3.63) is 29.3 Å². The predicted molar refractivity (Wildman–Crippen MR) is 81.4 cm³/mol. The van der Waals surface area contributed by atoms with Gasteiger partial charge in [-0.15, -0.1) is 0 Å². The predicted octanol–water partition coefficient (Wildman–Crippen LogP) is 3.52. The molecule has 1 aliphatic rings. The highest BCUT2D eigenvalue weighted by atomic mass is 16.5. The fourth-order valence-corrected chi connectivity index (χ4v) is 3.10. The maximum atomic E-state index is 12.1. The standard InChI is InChI=1S/C17H25NO2/c1-16(2,3)11-17(4,5)12-6-7-14-13(10-12)15(19)18-8-9-20-14/h6-7,10H,8-9,11H2,1-5H3,(H,18,19). The molecular weight excluding hydrogens is 250 g/mol. The first-order valence-electron chi connectivity index (χ1n) is 7.25. The lowest BCUT2D eigenvalue weighted by Crippen LogP contribution is -2.26. The van der Waals surface area contributed by atoms with Gasteiger partial charge in [-0.25, -0.2) is 0 Å². The van der Waals surface area contributed by atoms with Crippen LogP contribution in [0.15, 0.2) is 18.2 Å². The molecular formula is C17H25NO2. The molecule has 2 rings (SSSR count). The van der Waals surface area contributed by atoms with Gasteiger partial charge in [0, 0.05) is 0 Å².